The highest BCUT2D eigenvalue weighted by atomic mass is 79.9. The molecular weight excluding hydrogens is 245 g/mol. The lowest BCUT2D eigenvalue weighted by molar-refractivity contribution is 0.571. The van der Waals surface area contributed by atoms with Crippen molar-refractivity contribution in [2.75, 3.05) is 0 Å². The van der Waals surface area contributed by atoms with Gasteiger partial charge < -0.3 is 0 Å². The van der Waals surface area contributed by atoms with Crippen molar-refractivity contribution >= 4 is 15.9 Å². The molecular formula is C11H13BrFN. The molecule has 76 valence electrons. The molecule has 0 radical (unpaired) electrons. The highest BCUT2D eigenvalue weighted by Crippen LogP contribution is 2.42. The van der Waals surface area contributed by atoms with E-state index in [2.05, 4.69) is 20.9 Å². The number of hydrogen-bond acceptors (Lipinski definition) is 1. The lowest BCUT2D eigenvalue weighted by Gasteiger charge is -2.10. The molecule has 0 N–H and O–H groups in total. The summed E-state index contributed by atoms with van der Waals surface area (Å²) in [6, 6.07) is 1.78. The van der Waals surface area contributed by atoms with E-state index >= 15 is 0 Å². The van der Waals surface area contributed by atoms with E-state index in [0.29, 0.717) is 11.6 Å². The van der Waals surface area contributed by atoms with Crippen LogP contribution in [0.3, 0.4) is 0 Å². The van der Waals surface area contributed by atoms with Crippen LogP contribution >= 0.6 is 15.9 Å². The van der Waals surface area contributed by atoms with Gasteiger partial charge in [-0.3, -0.25) is 0 Å². The molecule has 1 nitrogen and oxygen atoms in total. The van der Waals surface area contributed by atoms with Crippen molar-refractivity contribution < 1.29 is 4.39 Å². The number of nitrogens with zero attached hydrogens (tertiary/aromatic N) is 1. The monoisotopic (exact) mass is 257 g/mol. The second-order valence-electron chi connectivity index (χ2n) is 4.16. The van der Waals surface area contributed by atoms with E-state index in [0.717, 1.165) is 23.0 Å². The van der Waals surface area contributed by atoms with E-state index < -0.39 is 0 Å². The third-order valence-electron chi connectivity index (χ3n) is 2.57. The number of halogens is 2. The maximum Gasteiger partial charge on any atom is 0.148 e. The van der Waals surface area contributed by atoms with Gasteiger partial charge in [0.25, 0.3) is 0 Å². The predicted molar refractivity (Wildman–Crippen MR) is 58.0 cm³/mol. The van der Waals surface area contributed by atoms with Crippen LogP contribution in [-0.4, -0.2) is 4.98 Å². The highest BCUT2D eigenvalue weighted by Gasteiger charge is 2.30. The third-order valence-corrected chi connectivity index (χ3v) is 2.97. The zero-order valence-electron chi connectivity index (χ0n) is 8.35. The van der Waals surface area contributed by atoms with Crippen LogP contribution in [0.5, 0.6) is 0 Å². The molecule has 1 heterocycles. The maximum atomic E-state index is 13.9. The Kier molecular flexibility index (Phi) is 2.60. The van der Waals surface area contributed by atoms with Crippen LogP contribution in [0.2, 0.25) is 0 Å². The average Bonchev–Trinajstić information content (AvgIpc) is 2.91. The van der Waals surface area contributed by atoms with Crippen molar-refractivity contribution in [2.45, 2.75) is 38.5 Å². The summed E-state index contributed by atoms with van der Waals surface area (Å²) in [6.07, 6.45) is 2.16. The van der Waals surface area contributed by atoms with Crippen molar-refractivity contribution in [1.82, 2.24) is 4.98 Å². The van der Waals surface area contributed by atoms with Crippen LogP contribution in [0, 0.1) is 5.82 Å². The van der Waals surface area contributed by atoms with Crippen molar-refractivity contribution in [3.05, 3.63) is 27.7 Å². The number of pyridine rings is 1. The van der Waals surface area contributed by atoms with Gasteiger partial charge in [-0.25, -0.2) is 9.37 Å². The maximum absolute atomic E-state index is 13.9. The zero-order chi connectivity index (χ0) is 10.3. The largest absolute Gasteiger partial charge is 0.243 e. The number of hydrogen-bond donors (Lipinski definition) is 0. The van der Waals surface area contributed by atoms with Gasteiger partial charge in [0.05, 0.1) is 5.69 Å². The molecule has 1 aliphatic carbocycles. The van der Waals surface area contributed by atoms with Crippen molar-refractivity contribution in [2.24, 2.45) is 0 Å². The fourth-order valence-electron chi connectivity index (χ4n) is 1.58. The third kappa shape index (κ3) is 1.83. The van der Waals surface area contributed by atoms with E-state index in [4.69, 9.17) is 0 Å². The Morgan fingerprint density at radius 1 is 1.50 bits per heavy atom. The Morgan fingerprint density at radius 2 is 2.14 bits per heavy atom. The van der Waals surface area contributed by atoms with E-state index in [1.165, 1.54) is 0 Å². The van der Waals surface area contributed by atoms with E-state index in [9.17, 15) is 4.39 Å². The molecule has 0 unspecified atom stereocenters. The summed E-state index contributed by atoms with van der Waals surface area (Å²) in [5.41, 5.74) is 1.43. The first-order chi connectivity index (χ1) is 6.59. The molecule has 0 atom stereocenters. The van der Waals surface area contributed by atoms with Crippen molar-refractivity contribution in [1.29, 1.82) is 0 Å². The summed E-state index contributed by atoms with van der Waals surface area (Å²) in [4.78, 5) is 4.22. The van der Waals surface area contributed by atoms with E-state index in [-0.39, 0.29) is 11.7 Å². The van der Waals surface area contributed by atoms with E-state index in [1.807, 2.05) is 13.8 Å². The molecule has 14 heavy (non-hydrogen) atoms. The first-order valence-corrected chi connectivity index (χ1v) is 5.74. The second-order valence-corrected chi connectivity index (χ2v) is 4.97. The average molecular weight is 258 g/mol. The van der Waals surface area contributed by atoms with Crippen LogP contribution in [0.1, 0.15) is 49.8 Å². The standard InChI is InChI=1S/C11H13BrFN/c1-6(2)8-5-9(12)14-11(10(8)13)7-3-4-7/h5-7H,3-4H2,1-2H3. The summed E-state index contributed by atoms with van der Waals surface area (Å²) >= 11 is 3.33. The van der Waals surface area contributed by atoms with Crippen molar-refractivity contribution in [3.63, 3.8) is 0 Å². The Labute approximate surface area is 91.9 Å². The van der Waals surface area contributed by atoms with E-state index in [1.54, 1.807) is 6.07 Å². The fourth-order valence-corrected chi connectivity index (χ4v) is 2.02. The summed E-state index contributed by atoms with van der Waals surface area (Å²) in [6.45, 7) is 4.00. The zero-order valence-corrected chi connectivity index (χ0v) is 9.94. The van der Waals surface area contributed by atoms with Crippen LogP contribution in [0.15, 0.2) is 10.7 Å². The lowest BCUT2D eigenvalue weighted by atomic mass is 10.0. The Bertz CT molecular complexity index is 335. The molecule has 0 spiro atoms. The minimum Gasteiger partial charge on any atom is -0.243 e. The highest BCUT2D eigenvalue weighted by molar-refractivity contribution is 9.10. The van der Waals surface area contributed by atoms with Crippen LogP contribution < -0.4 is 0 Å². The van der Waals surface area contributed by atoms with Gasteiger partial charge in [0.2, 0.25) is 0 Å². The van der Waals surface area contributed by atoms with Gasteiger partial charge in [0, 0.05) is 5.92 Å². The Morgan fingerprint density at radius 3 is 2.64 bits per heavy atom. The smallest absolute Gasteiger partial charge is 0.148 e. The van der Waals surface area contributed by atoms with Crippen LogP contribution in [-0.2, 0) is 0 Å². The molecule has 3 heteroatoms. The minimum atomic E-state index is -0.0919. The summed E-state index contributed by atoms with van der Waals surface area (Å²) < 4.78 is 14.7. The normalized spacial score (nSPS) is 16.4. The van der Waals surface area contributed by atoms with Gasteiger partial charge in [-0.05, 0) is 46.3 Å². The SMILES string of the molecule is CC(C)c1cc(Br)nc(C2CC2)c1F. The van der Waals surface area contributed by atoms with Crippen LogP contribution in [0.25, 0.3) is 0 Å². The molecule has 1 aromatic rings. The van der Waals surface area contributed by atoms with Gasteiger partial charge in [-0.15, -0.1) is 0 Å². The Balaban J connectivity index is 2.49. The number of rotatable bonds is 2. The van der Waals surface area contributed by atoms with Gasteiger partial charge >= 0.3 is 0 Å². The quantitative estimate of drug-likeness (QED) is 0.731. The molecule has 2 rings (SSSR count). The molecule has 1 fully saturated rings. The molecule has 0 aromatic carbocycles. The minimum absolute atomic E-state index is 0.0919. The first kappa shape index (κ1) is 10.1. The summed E-state index contributed by atoms with van der Waals surface area (Å²) in [7, 11) is 0. The van der Waals surface area contributed by atoms with Crippen LogP contribution in [0.4, 0.5) is 4.39 Å². The summed E-state index contributed by atoms with van der Waals surface area (Å²) in [5.74, 6) is 0.488. The molecule has 0 aliphatic heterocycles. The number of aromatic nitrogens is 1. The lowest BCUT2D eigenvalue weighted by Crippen LogP contribution is -2.01. The van der Waals surface area contributed by atoms with Gasteiger partial charge in [0.15, 0.2) is 0 Å². The molecule has 0 bridgehead atoms. The van der Waals surface area contributed by atoms with Gasteiger partial charge in [-0.1, -0.05) is 13.8 Å². The molecule has 1 aromatic heterocycles. The molecule has 0 amide bonds. The van der Waals surface area contributed by atoms with Gasteiger partial charge in [0.1, 0.15) is 10.4 Å². The fraction of sp³-hybridized carbons (Fsp3) is 0.545. The topological polar surface area (TPSA) is 12.9 Å². The second kappa shape index (κ2) is 3.61. The summed E-state index contributed by atoms with van der Waals surface area (Å²) in [5, 5.41) is 0. The molecule has 0 saturated heterocycles. The molecule has 1 aliphatic rings. The predicted octanol–water partition coefficient (Wildman–Crippen LogP) is 3.98. The first-order valence-electron chi connectivity index (χ1n) is 4.95. The Hall–Kier alpha value is -0.440. The van der Waals surface area contributed by atoms with Gasteiger partial charge in [-0.2, -0.15) is 0 Å². The molecule has 1 saturated carbocycles. The van der Waals surface area contributed by atoms with Crippen molar-refractivity contribution in [3.8, 4) is 0 Å².